The van der Waals surface area contributed by atoms with Gasteiger partial charge in [-0.3, -0.25) is 4.79 Å². The van der Waals surface area contributed by atoms with Crippen molar-refractivity contribution < 1.29 is 19.7 Å². The monoisotopic (exact) mass is 545 g/mol. The quantitative estimate of drug-likeness (QED) is 0.421. The van der Waals surface area contributed by atoms with E-state index in [0.717, 1.165) is 56.6 Å². The van der Waals surface area contributed by atoms with E-state index in [0.29, 0.717) is 47.1 Å². The molecular weight excluding hydrogens is 498 g/mol. The summed E-state index contributed by atoms with van der Waals surface area (Å²) >= 11 is 1.43. The molecule has 5 fully saturated rings. The zero-order chi connectivity index (χ0) is 26.7. The molecule has 1 saturated heterocycles. The van der Waals surface area contributed by atoms with Crippen molar-refractivity contribution in [3.05, 3.63) is 5.01 Å². The zero-order valence-electron chi connectivity index (χ0n) is 23.4. The van der Waals surface area contributed by atoms with Crippen LogP contribution in [0.4, 0.5) is 5.13 Å². The van der Waals surface area contributed by atoms with Gasteiger partial charge in [0.15, 0.2) is 0 Å². The van der Waals surface area contributed by atoms with E-state index in [-0.39, 0.29) is 35.0 Å². The summed E-state index contributed by atoms with van der Waals surface area (Å²) in [4.78, 5) is 12.8. The second-order valence-corrected chi connectivity index (χ2v) is 15.0. The summed E-state index contributed by atoms with van der Waals surface area (Å²) in [5.74, 6) is 3.08. The highest BCUT2D eigenvalue weighted by Gasteiger charge is 2.62. The molecule has 3 N–H and O–H groups in total. The van der Waals surface area contributed by atoms with Gasteiger partial charge in [0.1, 0.15) is 11.1 Å². The second-order valence-electron chi connectivity index (χ2n) is 14.0. The topological polar surface area (TPSA) is 105 Å². The van der Waals surface area contributed by atoms with Crippen molar-refractivity contribution in [2.45, 2.75) is 116 Å². The summed E-state index contributed by atoms with van der Waals surface area (Å²) in [6.45, 7) is 8.09. The molecule has 38 heavy (non-hydrogen) atoms. The normalized spacial score (nSPS) is 45.2. The highest BCUT2D eigenvalue weighted by atomic mass is 32.1. The van der Waals surface area contributed by atoms with E-state index in [2.05, 4.69) is 36.3 Å². The summed E-state index contributed by atoms with van der Waals surface area (Å²) < 4.78 is 5.69. The molecule has 0 bridgehead atoms. The number of amides is 1. The summed E-state index contributed by atoms with van der Waals surface area (Å²) in [6, 6.07) is 0. The van der Waals surface area contributed by atoms with Crippen LogP contribution in [0, 0.1) is 46.3 Å². The third-order valence-corrected chi connectivity index (χ3v) is 13.1. The summed E-state index contributed by atoms with van der Waals surface area (Å²) in [5, 5.41) is 34.6. The third-order valence-electron chi connectivity index (χ3n) is 12.1. The molecule has 8 heteroatoms. The first kappa shape index (κ1) is 27.1. The lowest BCUT2D eigenvalue weighted by atomic mass is 9.43. The largest absolute Gasteiger partial charge is 0.393 e. The van der Waals surface area contributed by atoms with E-state index in [1.54, 1.807) is 0 Å². The van der Waals surface area contributed by atoms with Crippen molar-refractivity contribution in [3.8, 4) is 0 Å². The Morgan fingerprint density at radius 2 is 1.87 bits per heavy atom. The van der Waals surface area contributed by atoms with Gasteiger partial charge >= 0.3 is 0 Å². The summed E-state index contributed by atoms with van der Waals surface area (Å²) in [7, 11) is 0. The Hall–Kier alpha value is -1.09. The molecule has 4 aliphatic carbocycles. The Labute approximate surface area is 231 Å². The third kappa shape index (κ3) is 4.65. The first-order valence-corrected chi connectivity index (χ1v) is 16.1. The Balaban J connectivity index is 1.07. The van der Waals surface area contributed by atoms with Crippen LogP contribution in [0.5, 0.6) is 0 Å². The number of aliphatic hydroxyl groups is 2. The minimum absolute atomic E-state index is 0.0245. The minimum atomic E-state index is -0.237. The van der Waals surface area contributed by atoms with E-state index in [4.69, 9.17) is 4.74 Å². The fourth-order valence-corrected chi connectivity index (χ4v) is 10.9. The van der Waals surface area contributed by atoms with Crippen molar-refractivity contribution in [2.24, 2.45) is 46.3 Å². The van der Waals surface area contributed by atoms with Crippen LogP contribution in [0.25, 0.3) is 0 Å². The number of anilines is 1. The van der Waals surface area contributed by atoms with Gasteiger partial charge in [0.25, 0.3) is 0 Å². The molecule has 0 radical (unpaired) electrons. The Kier molecular flexibility index (Phi) is 7.41. The van der Waals surface area contributed by atoms with Gasteiger partial charge in [-0.15, -0.1) is 10.2 Å². The number of hydrogen-bond donors (Lipinski definition) is 3. The molecule has 7 nitrogen and oxygen atoms in total. The number of fused-ring (bicyclic) bond motifs is 5. The van der Waals surface area contributed by atoms with Crippen LogP contribution in [0.15, 0.2) is 0 Å². The average molecular weight is 546 g/mol. The van der Waals surface area contributed by atoms with Crippen LogP contribution in [0.3, 0.4) is 0 Å². The fraction of sp³-hybridized carbons (Fsp3) is 0.900. The summed E-state index contributed by atoms with van der Waals surface area (Å²) in [5.41, 5.74) is 0.505. The first-order valence-electron chi connectivity index (χ1n) is 15.3. The van der Waals surface area contributed by atoms with Crippen molar-refractivity contribution >= 4 is 22.4 Å². The van der Waals surface area contributed by atoms with Gasteiger partial charge in [0, 0.05) is 13.0 Å². The maximum absolute atomic E-state index is 12.8. The molecule has 11 atom stereocenters. The molecule has 1 aliphatic heterocycles. The number of nitrogens with zero attached hydrogens (tertiary/aromatic N) is 2. The number of carbonyl (C=O) groups excluding carboxylic acids is 1. The van der Waals surface area contributed by atoms with Crippen molar-refractivity contribution in [1.82, 2.24) is 10.2 Å². The van der Waals surface area contributed by atoms with Crippen molar-refractivity contribution in [2.75, 3.05) is 11.9 Å². The number of aromatic nitrogens is 2. The Bertz CT molecular complexity index is 1010. The van der Waals surface area contributed by atoms with Gasteiger partial charge in [-0.05, 0) is 117 Å². The van der Waals surface area contributed by atoms with E-state index in [1.807, 2.05) is 0 Å². The van der Waals surface area contributed by atoms with Gasteiger partial charge in [0.2, 0.25) is 11.0 Å². The van der Waals surface area contributed by atoms with Gasteiger partial charge in [-0.2, -0.15) is 0 Å². The van der Waals surface area contributed by atoms with E-state index in [9.17, 15) is 15.0 Å². The number of hydrogen-bond acceptors (Lipinski definition) is 7. The minimum Gasteiger partial charge on any atom is -0.393 e. The van der Waals surface area contributed by atoms with Crippen molar-refractivity contribution in [1.29, 1.82) is 0 Å². The van der Waals surface area contributed by atoms with Crippen molar-refractivity contribution in [3.63, 3.8) is 0 Å². The SMILES string of the molecule is C[C@@H](CCC(=O)Nc1nnc(C2CCCO2)s1)[C@@H]1CC[C@@H]2[C@H]3[C@H](O)C[C@H]4C[C@@H](O)CC[C@@]4(C)[C@@H]3CC[C@]21C. The van der Waals surface area contributed by atoms with Crippen LogP contribution >= 0.6 is 11.3 Å². The molecular formula is C30H47N3O4S. The lowest BCUT2D eigenvalue weighted by molar-refractivity contribution is -0.174. The fourth-order valence-electron chi connectivity index (χ4n) is 10.1. The van der Waals surface area contributed by atoms with Gasteiger partial charge < -0.3 is 20.3 Å². The zero-order valence-corrected chi connectivity index (χ0v) is 24.2. The van der Waals surface area contributed by atoms with Crippen LogP contribution in [-0.2, 0) is 9.53 Å². The van der Waals surface area contributed by atoms with Crippen LogP contribution in [-0.4, -0.2) is 45.1 Å². The van der Waals surface area contributed by atoms with Gasteiger partial charge in [-0.25, -0.2) is 0 Å². The van der Waals surface area contributed by atoms with Crippen LogP contribution < -0.4 is 5.32 Å². The molecule has 1 unspecified atom stereocenters. The number of aliphatic hydroxyl groups excluding tert-OH is 2. The summed E-state index contributed by atoms with van der Waals surface area (Å²) in [6.07, 6.45) is 11.6. The molecule has 0 aromatic carbocycles. The molecule has 212 valence electrons. The number of carbonyl (C=O) groups is 1. The molecule has 1 aromatic rings. The Morgan fingerprint density at radius 3 is 2.66 bits per heavy atom. The number of nitrogens with one attached hydrogen (secondary N) is 1. The van der Waals surface area contributed by atoms with Gasteiger partial charge in [-0.1, -0.05) is 32.1 Å². The maximum atomic E-state index is 12.8. The molecule has 5 aliphatic rings. The standard InChI is InChI=1S/C30H47N3O4S/c1-17(6-9-25(36)31-28-33-32-27(38-28)24-5-4-14-37-24)20-7-8-21-26-22(11-13-30(20,21)3)29(2)12-10-19(34)15-18(29)16-23(26)35/h17-24,26,34-35H,4-16H2,1-3H3,(H,31,33,36)/t17-,18+,19-,20-,21+,22+,23+,24?,26+,29+,30-/m0/s1. The van der Waals surface area contributed by atoms with Crippen LogP contribution in [0.1, 0.15) is 109 Å². The molecule has 4 saturated carbocycles. The molecule has 1 aromatic heterocycles. The molecule has 2 heterocycles. The second kappa shape index (κ2) is 10.4. The predicted molar refractivity (Wildman–Crippen MR) is 147 cm³/mol. The predicted octanol–water partition coefficient (Wildman–Crippen LogP) is 5.74. The number of rotatable bonds is 6. The molecule has 6 rings (SSSR count). The molecule has 1 amide bonds. The average Bonchev–Trinajstić information content (AvgIpc) is 3.63. The highest BCUT2D eigenvalue weighted by Crippen LogP contribution is 2.68. The number of ether oxygens (including phenoxy) is 1. The van der Waals surface area contributed by atoms with Crippen LogP contribution in [0.2, 0.25) is 0 Å². The maximum Gasteiger partial charge on any atom is 0.226 e. The van der Waals surface area contributed by atoms with E-state index in [1.165, 1.54) is 37.0 Å². The smallest absolute Gasteiger partial charge is 0.226 e. The lowest BCUT2D eigenvalue weighted by Crippen LogP contribution is -2.58. The lowest BCUT2D eigenvalue weighted by Gasteiger charge is -2.62. The van der Waals surface area contributed by atoms with E-state index < -0.39 is 0 Å². The highest BCUT2D eigenvalue weighted by molar-refractivity contribution is 7.15. The first-order chi connectivity index (χ1) is 18.2. The van der Waals surface area contributed by atoms with E-state index >= 15 is 0 Å². The Morgan fingerprint density at radius 1 is 1.08 bits per heavy atom. The van der Waals surface area contributed by atoms with Gasteiger partial charge in [0.05, 0.1) is 12.2 Å². The molecule has 0 spiro atoms.